The van der Waals surface area contributed by atoms with Gasteiger partial charge in [0.25, 0.3) is 5.91 Å². The molecule has 0 unspecified atom stereocenters. The van der Waals surface area contributed by atoms with E-state index in [0.29, 0.717) is 11.1 Å². The molecule has 1 amide bonds. The van der Waals surface area contributed by atoms with E-state index in [-0.39, 0.29) is 11.9 Å². The van der Waals surface area contributed by atoms with Crippen LogP contribution in [0.4, 0.5) is 0 Å². The summed E-state index contributed by atoms with van der Waals surface area (Å²) in [7, 11) is 0. The van der Waals surface area contributed by atoms with E-state index in [1.165, 1.54) is 0 Å². The van der Waals surface area contributed by atoms with Gasteiger partial charge in [0.05, 0.1) is 23.4 Å². The highest BCUT2D eigenvalue weighted by Gasteiger charge is 2.14. The highest BCUT2D eigenvalue weighted by atomic mass is 16.1. The molecule has 0 aliphatic carbocycles. The van der Waals surface area contributed by atoms with Crippen molar-refractivity contribution in [3.05, 3.63) is 65.0 Å². The van der Waals surface area contributed by atoms with Gasteiger partial charge in [0.15, 0.2) is 0 Å². The summed E-state index contributed by atoms with van der Waals surface area (Å²) in [6.45, 7) is 3.85. The number of rotatable bonds is 3. The second-order valence-corrected chi connectivity index (χ2v) is 4.59. The molecule has 4 heteroatoms. The molecule has 2 aromatic rings. The number of nitrogens with zero attached hydrogens (tertiary/aromatic N) is 2. The van der Waals surface area contributed by atoms with Crippen molar-refractivity contribution in [2.24, 2.45) is 0 Å². The van der Waals surface area contributed by atoms with Crippen molar-refractivity contribution in [3.63, 3.8) is 0 Å². The van der Waals surface area contributed by atoms with Crippen LogP contribution in [0.3, 0.4) is 0 Å². The van der Waals surface area contributed by atoms with Crippen molar-refractivity contribution >= 4 is 5.91 Å². The van der Waals surface area contributed by atoms with E-state index in [2.05, 4.69) is 10.3 Å². The van der Waals surface area contributed by atoms with E-state index in [1.807, 2.05) is 32.0 Å². The molecule has 4 nitrogen and oxygen atoms in total. The maximum Gasteiger partial charge on any atom is 0.251 e. The van der Waals surface area contributed by atoms with Crippen LogP contribution in [-0.4, -0.2) is 10.9 Å². The quantitative estimate of drug-likeness (QED) is 0.928. The topological polar surface area (TPSA) is 65.8 Å². The normalized spacial score (nSPS) is 11.4. The smallest absolute Gasteiger partial charge is 0.251 e. The van der Waals surface area contributed by atoms with Crippen molar-refractivity contribution in [1.29, 1.82) is 5.26 Å². The first-order chi connectivity index (χ1) is 9.61. The second-order valence-electron chi connectivity index (χ2n) is 4.59. The van der Waals surface area contributed by atoms with E-state index < -0.39 is 0 Å². The number of hydrogen-bond donors (Lipinski definition) is 1. The first-order valence-electron chi connectivity index (χ1n) is 6.34. The van der Waals surface area contributed by atoms with Crippen molar-refractivity contribution in [2.75, 3.05) is 0 Å². The Morgan fingerprint density at radius 1 is 1.35 bits per heavy atom. The van der Waals surface area contributed by atoms with E-state index >= 15 is 0 Å². The van der Waals surface area contributed by atoms with E-state index in [4.69, 9.17) is 5.26 Å². The fourth-order valence-corrected chi connectivity index (χ4v) is 2.03. The number of nitrogens with one attached hydrogen (secondary N) is 1. The largest absolute Gasteiger partial charge is 0.344 e. The van der Waals surface area contributed by atoms with E-state index in [9.17, 15) is 4.79 Å². The summed E-state index contributed by atoms with van der Waals surface area (Å²) >= 11 is 0. The van der Waals surface area contributed by atoms with Crippen molar-refractivity contribution in [1.82, 2.24) is 10.3 Å². The highest BCUT2D eigenvalue weighted by molar-refractivity contribution is 5.94. The van der Waals surface area contributed by atoms with Crippen LogP contribution in [-0.2, 0) is 0 Å². The van der Waals surface area contributed by atoms with Gasteiger partial charge >= 0.3 is 0 Å². The lowest BCUT2D eigenvalue weighted by atomic mass is 10.1. The molecule has 0 saturated carbocycles. The minimum absolute atomic E-state index is 0.186. The van der Waals surface area contributed by atoms with E-state index in [1.54, 1.807) is 30.5 Å². The number of aromatic nitrogens is 1. The van der Waals surface area contributed by atoms with Gasteiger partial charge < -0.3 is 5.32 Å². The third-order valence-electron chi connectivity index (χ3n) is 3.06. The fourth-order valence-electron chi connectivity index (χ4n) is 2.03. The molecule has 0 bridgehead atoms. The van der Waals surface area contributed by atoms with Crippen LogP contribution in [0.1, 0.15) is 40.1 Å². The Hall–Kier alpha value is -2.67. The van der Waals surface area contributed by atoms with Gasteiger partial charge in [-0.3, -0.25) is 9.78 Å². The lowest BCUT2D eigenvalue weighted by Crippen LogP contribution is -2.27. The SMILES string of the molecule is Cc1cccnc1[C@@H](C)NC(=O)c1cccc(C#N)c1. The molecule has 1 heterocycles. The van der Waals surface area contributed by atoms with Gasteiger partial charge in [-0.05, 0) is 43.7 Å². The number of pyridine rings is 1. The van der Waals surface area contributed by atoms with Crippen LogP contribution in [0.5, 0.6) is 0 Å². The van der Waals surface area contributed by atoms with Crippen LogP contribution < -0.4 is 5.32 Å². The molecule has 1 atom stereocenters. The Labute approximate surface area is 118 Å². The summed E-state index contributed by atoms with van der Waals surface area (Å²) < 4.78 is 0. The standard InChI is InChI=1S/C16H15N3O/c1-11-5-4-8-18-15(11)12(2)19-16(20)14-7-3-6-13(9-14)10-17/h3-9,12H,1-2H3,(H,19,20)/t12-/m1/s1. The third-order valence-corrected chi connectivity index (χ3v) is 3.06. The second kappa shape index (κ2) is 5.98. The van der Waals surface area contributed by atoms with Crippen LogP contribution in [0.2, 0.25) is 0 Å². The lowest BCUT2D eigenvalue weighted by molar-refractivity contribution is 0.0939. The number of aryl methyl sites for hydroxylation is 1. The van der Waals surface area contributed by atoms with Gasteiger partial charge in [-0.25, -0.2) is 0 Å². The molecule has 0 saturated heterocycles. The summed E-state index contributed by atoms with van der Waals surface area (Å²) in [5.74, 6) is -0.209. The Morgan fingerprint density at radius 3 is 2.85 bits per heavy atom. The molecule has 1 aromatic heterocycles. The summed E-state index contributed by atoms with van der Waals surface area (Å²) in [6.07, 6.45) is 1.71. The number of carbonyl (C=O) groups excluding carboxylic acids is 1. The molecule has 1 N–H and O–H groups in total. The average molecular weight is 265 g/mol. The van der Waals surface area contributed by atoms with Crippen molar-refractivity contribution in [3.8, 4) is 6.07 Å². The van der Waals surface area contributed by atoms with Crippen molar-refractivity contribution < 1.29 is 4.79 Å². The number of amides is 1. The van der Waals surface area contributed by atoms with Gasteiger partial charge in [-0.2, -0.15) is 5.26 Å². The predicted molar refractivity (Wildman–Crippen MR) is 76.0 cm³/mol. The van der Waals surface area contributed by atoms with Gasteiger partial charge in [-0.15, -0.1) is 0 Å². The maximum atomic E-state index is 12.2. The molecule has 0 radical (unpaired) electrons. The summed E-state index contributed by atoms with van der Waals surface area (Å²) in [4.78, 5) is 16.5. The van der Waals surface area contributed by atoms with Crippen LogP contribution >= 0.6 is 0 Å². The molecular weight excluding hydrogens is 250 g/mol. The summed E-state index contributed by atoms with van der Waals surface area (Å²) in [5.41, 5.74) is 2.83. The van der Waals surface area contributed by atoms with Gasteiger partial charge in [-0.1, -0.05) is 12.1 Å². The Bertz CT molecular complexity index is 673. The van der Waals surface area contributed by atoms with Crippen LogP contribution in [0.25, 0.3) is 0 Å². The lowest BCUT2D eigenvalue weighted by Gasteiger charge is -2.15. The van der Waals surface area contributed by atoms with Crippen molar-refractivity contribution in [2.45, 2.75) is 19.9 Å². The minimum Gasteiger partial charge on any atom is -0.344 e. The van der Waals surface area contributed by atoms with Gasteiger partial charge in [0.2, 0.25) is 0 Å². The first kappa shape index (κ1) is 13.8. The van der Waals surface area contributed by atoms with Gasteiger partial charge in [0.1, 0.15) is 0 Å². The fraction of sp³-hybridized carbons (Fsp3) is 0.188. The molecule has 20 heavy (non-hydrogen) atoms. The zero-order chi connectivity index (χ0) is 14.5. The maximum absolute atomic E-state index is 12.2. The zero-order valence-electron chi connectivity index (χ0n) is 11.4. The van der Waals surface area contributed by atoms with Crippen LogP contribution in [0, 0.1) is 18.3 Å². The monoisotopic (exact) mass is 265 g/mol. The molecule has 1 aromatic carbocycles. The molecular formula is C16H15N3O. The summed E-state index contributed by atoms with van der Waals surface area (Å²) in [6, 6.07) is 12.3. The number of nitriles is 1. The van der Waals surface area contributed by atoms with Crippen LogP contribution in [0.15, 0.2) is 42.6 Å². The predicted octanol–water partition coefficient (Wildman–Crippen LogP) is 2.75. The third kappa shape index (κ3) is 3.01. The Balaban J connectivity index is 2.15. The number of hydrogen-bond acceptors (Lipinski definition) is 3. The highest BCUT2D eigenvalue weighted by Crippen LogP contribution is 2.14. The molecule has 100 valence electrons. The molecule has 0 aliphatic heterocycles. The Kier molecular flexibility index (Phi) is 4.11. The molecule has 2 rings (SSSR count). The number of carbonyl (C=O) groups is 1. The molecule has 0 aliphatic rings. The minimum atomic E-state index is -0.209. The molecule has 0 fully saturated rings. The molecule has 0 spiro atoms. The van der Waals surface area contributed by atoms with Gasteiger partial charge in [0, 0.05) is 11.8 Å². The number of benzene rings is 1. The Morgan fingerprint density at radius 2 is 2.15 bits per heavy atom. The summed E-state index contributed by atoms with van der Waals surface area (Å²) in [5, 5.41) is 11.7. The van der Waals surface area contributed by atoms with E-state index in [0.717, 1.165) is 11.3 Å². The average Bonchev–Trinajstić information content (AvgIpc) is 2.47. The first-order valence-corrected chi connectivity index (χ1v) is 6.34. The zero-order valence-corrected chi connectivity index (χ0v) is 11.4.